The number of allylic oxidation sites excluding steroid dienone is 1. The van der Waals surface area contributed by atoms with Crippen LogP contribution in [0.5, 0.6) is 0 Å². The molecule has 3 nitrogen and oxygen atoms in total. The average Bonchev–Trinajstić information content (AvgIpc) is 2.78. The van der Waals surface area contributed by atoms with E-state index in [2.05, 4.69) is 43.0 Å². The maximum Gasteiger partial charge on any atom is 0.360 e. The van der Waals surface area contributed by atoms with E-state index >= 15 is 0 Å². The Labute approximate surface area is 167 Å². The zero-order valence-electron chi connectivity index (χ0n) is 16.1. The summed E-state index contributed by atoms with van der Waals surface area (Å²) in [5.41, 5.74) is 0. The normalized spacial score (nSPS) is 11.8. The van der Waals surface area contributed by atoms with Gasteiger partial charge in [-0.2, -0.15) is 0 Å². The van der Waals surface area contributed by atoms with E-state index < -0.39 is 14.5 Å². The SMILES string of the molecule is C=C(C=P(c1ccccc1)(c1ccccc1)c1ccccc1)P(=O)(OC)OC. The monoisotopic (exact) mass is 410 g/mol. The standard InChI is InChI=1S/C23H24O3P2/c1-20(28(24,25-2)26-3)19-27(21-13-7-4-8-14-21,22-15-9-5-10-16-22)23-17-11-6-12-18-23/h4-19H,1H2,2-3H3. The summed E-state index contributed by atoms with van der Waals surface area (Å²) < 4.78 is 23.5. The molecular weight excluding hydrogens is 386 g/mol. The molecule has 0 fully saturated rings. The summed E-state index contributed by atoms with van der Waals surface area (Å²) in [4.78, 5) is 0. The van der Waals surface area contributed by atoms with Gasteiger partial charge in [0, 0.05) is 14.2 Å². The van der Waals surface area contributed by atoms with E-state index in [0.717, 1.165) is 15.9 Å². The van der Waals surface area contributed by atoms with Crippen molar-refractivity contribution in [2.45, 2.75) is 0 Å². The minimum absolute atomic E-state index is 0.363. The van der Waals surface area contributed by atoms with Gasteiger partial charge in [0.15, 0.2) is 0 Å². The van der Waals surface area contributed by atoms with Gasteiger partial charge in [0.05, 0.1) is 5.31 Å². The summed E-state index contributed by atoms with van der Waals surface area (Å²) in [6.07, 6.45) is 0. The lowest BCUT2D eigenvalue weighted by molar-refractivity contribution is 0.285. The van der Waals surface area contributed by atoms with E-state index in [4.69, 9.17) is 9.05 Å². The molecule has 0 aliphatic heterocycles. The van der Waals surface area contributed by atoms with E-state index in [1.807, 2.05) is 60.4 Å². The molecule has 28 heavy (non-hydrogen) atoms. The second-order valence-electron chi connectivity index (χ2n) is 6.21. The lowest BCUT2D eigenvalue weighted by Gasteiger charge is -2.29. The molecule has 0 saturated heterocycles. The van der Waals surface area contributed by atoms with Gasteiger partial charge in [-0.3, -0.25) is 4.57 Å². The van der Waals surface area contributed by atoms with Crippen LogP contribution in [0, 0.1) is 0 Å². The molecule has 3 aromatic carbocycles. The van der Waals surface area contributed by atoms with E-state index in [9.17, 15) is 4.57 Å². The highest BCUT2D eigenvalue weighted by atomic mass is 31.2. The Morgan fingerprint density at radius 3 is 1.32 bits per heavy atom. The topological polar surface area (TPSA) is 35.5 Å². The zero-order chi connectivity index (χ0) is 20.0. The Morgan fingerprint density at radius 1 is 0.714 bits per heavy atom. The smallest absolute Gasteiger partial charge is 0.309 e. The van der Waals surface area contributed by atoms with Gasteiger partial charge in [0.2, 0.25) is 0 Å². The van der Waals surface area contributed by atoms with Crippen molar-refractivity contribution in [2.75, 3.05) is 14.2 Å². The largest absolute Gasteiger partial charge is 0.360 e. The number of rotatable bonds is 7. The molecule has 0 unspecified atom stereocenters. The van der Waals surface area contributed by atoms with Crippen molar-refractivity contribution in [2.24, 2.45) is 0 Å². The lowest BCUT2D eigenvalue weighted by Crippen LogP contribution is -2.27. The van der Waals surface area contributed by atoms with Crippen LogP contribution in [0.25, 0.3) is 0 Å². The van der Waals surface area contributed by atoms with Crippen molar-refractivity contribution >= 4 is 36.2 Å². The predicted molar refractivity (Wildman–Crippen MR) is 122 cm³/mol. The lowest BCUT2D eigenvalue weighted by atomic mass is 10.4. The fourth-order valence-electron chi connectivity index (χ4n) is 3.26. The molecule has 0 aromatic heterocycles. The van der Waals surface area contributed by atoms with Crippen LogP contribution in [0.1, 0.15) is 0 Å². The molecular formula is C23H24O3P2. The molecule has 0 saturated carbocycles. The van der Waals surface area contributed by atoms with Gasteiger partial charge in [0.25, 0.3) is 0 Å². The molecule has 0 amide bonds. The Kier molecular flexibility index (Phi) is 6.54. The Morgan fingerprint density at radius 2 is 1.04 bits per heavy atom. The quantitative estimate of drug-likeness (QED) is 0.526. The van der Waals surface area contributed by atoms with Crippen LogP contribution in [0.3, 0.4) is 0 Å². The predicted octanol–water partition coefficient (Wildman–Crippen LogP) is 4.78. The first-order valence-corrected chi connectivity index (χ1v) is 12.3. The summed E-state index contributed by atoms with van der Waals surface area (Å²) in [6, 6.07) is 30.8. The summed E-state index contributed by atoms with van der Waals surface area (Å²) in [6.45, 7) is 1.80. The van der Waals surface area contributed by atoms with Crippen LogP contribution >= 0.6 is 14.5 Å². The molecule has 3 rings (SSSR count). The van der Waals surface area contributed by atoms with Crippen LogP contribution in [0.4, 0.5) is 0 Å². The van der Waals surface area contributed by atoms with Gasteiger partial charge in [-0.1, -0.05) is 97.6 Å². The molecule has 0 bridgehead atoms. The highest BCUT2D eigenvalue weighted by molar-refractivity contribution is 7.95. The van der Waals surface area contributed by atoms with Crippen molar-refractivity contribution in [3.63, 3.8) is 0 Å². The summed E-state index contributed by atoms with van der Waals surface area (Å²) in [5.74, 6) is 2.01. The second-order valence-corrected chi connectivity index (χ2v) is 11.8. The molecule has 3 aromatic rings. The first-order valence-electron chi connectivity index (χ1n) is 8.89. The van der Waals surface area contributed by atoms with Crippen LogP contribution in [0.2, 0.25) is 0 Å². The van der Waals surface area contributed by atoms with E-state index in [1.165, 1.54) is 14.2 Å². The highest BCUT2D eigenvalue weighted by Gasteiger charge is 2.31. The van der Waals surface area contributed by atoms with Crippen LogP contribution in [-0.4, -0.2) is 20.0 Å². The van der Waals surface area contributed by atoms with E-state index in [-0.39, 0.29) is 0 Å². The van der Waals surface area contributed by atoms with Crippen molar-refractivity contribution in [1.29, 1.82) is 0 Å². The molecule has 0 aliphatic rings. The van der Waals surface area contributed by atoms with Gasteiger partial charge in [-0.05, 0) is 28.6 Å². The Bertz CT molecular complexity index is 918. The first kappa shape index (κ1) is 20.6. The third-order valence-corrected chi connectivity index (χ3v) is 10.7. The molecule has 0 radical (unpaired) electrons. The summed E-state index contributed by atoms with van der Waals surface area (Å²) in [7, 11) is -0.680. The first-order chi connectivity index (χ1) is 13.6. The van der Waals surface area contributed by atoms with Gasteiger partial charge in [-0.25, -0.2) is 0 Å². The number of benzene rings is 3. The Balaban J connectivity index is 2.43. The summed E-state index contributed by atoms with van der Waals surface area (Å²) >= 11 is 0. The van der Waals surface area contributed by atoms with Crippen LogP contribution < -0.4 is 15.9 Å². The third kappa shape index (κ3) is 3.85. The average molecular weight is 410 g/mol. The summed E-state index contributed by atoms with van der Waals surface area (Å²) in [5, 5.41) is 3.80. The third-order valence-electron chi connectivity index (χ3n) is 4.67. The van der Waals surface area contributed by atoms with Gasteiger partial charge in [0.1, 0.15) is 0 Å². The maximum absolute atomic E-state index is 13.1. The molecule has 0 N–H and O–H groups in total. The fraction of sp³-hybridized carbons (Fsp3) is 0.0870. The van der Waals surface area contributed by atoms with Crippen LogP contribution in [-0.2, 0) is 13.6 Å². The molecule has 144 valence electrons. The number of hydrogen-bond donors (Lipinski definition) is 0. The van der Waals surface area contributed by atoms with Crippen molar-refractivity contribution in [3.05, 3.63) is 103 Å². The van der Waals surface area contributed by atoms with Crippen molar-refractivity contribution < 1.29 is 13.6 Å². The molecule has 0 spiro atoms. The maximum atomic E-state index is 13.1. The van der Waals surface area contributed by atoms with Gasteiger partial charge < -0.3 is 9.05 Å². The van der Waals surface area contributed by atoms with Gasteiger partial charge >= 0.3 is 7.60 Å². The minimum Gasteiger partial charge on any atom is -0.309 e. The second kappa shape index (κ2) is 8.90. The van der Waals surface area contributed by atoms with Gasteiger partial charge in [-0.15, -0.1) is 0 Å². The van der Waals surface area contributed by atoms with E-state index in [1.54, 1.807) is 0 Å². The fourth-order valence-corrected chi connectivity index (χ4v) is 8.68. The molecule has 5 heteroatoms. The Hall–Kier alpha value is -2.15. The molecule has 0 atom stereocenters. The molecule has 0 aliphatic carbocycles. The van der Waals surface area contributed by atoms with E-state index in [0.29, 0.717) is 5.31 Å². The van der Waals surface area contributed by atoms with Crippen molar-refractivity contribution in [3.8, 4) is 0 Å². The van der Waals surface area contributed by atoms with Crippen molar-refractivity contribution in [1.82, 2.24) is 0 Å². The minimum atomic E-state index is -3.45. The zero-order valence-corrected chi connectivity index (χ0v) is 17.9. The number of hydrogen-bond acceptors (Lipinski definition) is 3. The highest BCUT2D eigenvalue weighted by Crippen LogP contribution is 2.56. The molecule has 0 heterocycles. The van der Waals surface area contributed by atoms with Crippen LogP contribution in [0.15, 0.2) is 103 Å².